The fourth-order valence-corrected chi connectivity index (χ4v) is 7.05. The molecular weight excluding hydrogens is 356 g/mol. The van der Waals surface area contributed by atoms with Gasteiger partial charge in [-0.25, -0.2) is 0 Å². The summed E-state index contributed by atoms with van der Waals surface area (Å²) >= 11 is 0. The first kappa shape index (κ1) is 19.7. The monoisotopic (exact) mass is 388 g/mol. The van der Waals surface area contributed by atoms with Crippen molar-refractivity contribution in [1.29, 1.82) is 0 Å². The van der Waals surface area contributed by atoms with Gasteiger partial charge in [-0.2, -0.15) is 0 Å². The van der Waals surface area contributed by atoms with Crippen LogP contribution in [0.2, 0.25) is 0 Å². The van der Waals surface area contributed by atoms with Gasteiger partial charge < -0.3 is 9.47 Å². The molecule has 28 heavy (non-hydrogen) atoms. The molecule has 4 aliphatic rings. The van der Waals surface area contributed by atoms with E-state index < -0.39 is 0 Å². The number of carbonyl (C=O) groups is 3. The van der Waals surface area contributed by atoms with Crippen LogP contribution in [0.25, 0.3) is 0 Å². The molecule has 0 aromatic carbocycles. The van der Waals surface area contributed by atoms with Crippen LogP contribution in [0.1, 0.15) is 72.6 Å². The highest BCUT2D eigenvalue weighted by molar-refractivity contribution is 5.94. The summed E-state index contributed by atoms with van der Waals surface area (Å²) in [5.74, 6) is 0.419. The van der Waals surface area contributed by atoms with Crippen molar-refractivity contribution < 1.29 is 23.9 Å². The van der Waals surface area contributed by atoms with E-state index in [1.54, 1.807) is 0 Å². The molecule has 0 aromatic heterocycles. The predicted octanol–water partition coefficient (Wildman–Crippen LogP) is 3.99. The Morgan fingerprint density at radius 2 is 1.68 bits per heavy atom. The van der Waals surface area contributed by atoms with Gasteiger partial charge in [-0.1, -0.05) is 19.4 Å². The van der Waals surface area contributed by atoms with Crippen molar-refractivity contribution in [3.63, 3.8) is 0 Å². The largest absolute Gasteiger partial charge is 0.462 e. The first-order valence-corrected chi connectivity index (χ1v) is 10.7. The molecular formula is C23H32O5. The van der Waals surface area contributed by atoms with E-state index in [1.807, 2.05) is 6.08 Å². The highest BCUT2D eigenvalue weighted by Crippen LogP contribution is 2.64. The molecule has 0 N–H and O–H groups in total. The van der Waals surface area contributed by atoms with Gasteiger partial charge in [-0.3, -0.25) is 14.4 Å². The minimum Gasteiger partial charge on any atom is -0.462 e. The third kappa shape index (κ3) is 2.93. The topological polar surface area (TPSA) is 69.7 Å². The van der Waals surface area contributed by atoms with Gasteiger partial charge in [0.25, 0.3) is 0 Å². The lowest BCUT2D eigenvalue weighted by Gasteiger charge is -2.56. The second-order valence-corrected chi connectivity index (χ2v) is 9.92. The van der Waals surface area contributed by atoms with Gasteiger partial charge in [0.1, 0.15) is 12.2 Å². The summed E-state index contributed by atoms with van der Waals surface area (Å²) in [4.78, 5) is 36.2. The number of esters is 2. The van der Waals surface area contributed by atoms with Gasteiger partial charge in [-0.05, 0) is 61.9 Å². The number of hydrogen-bond acceptors (Lipinski definition) is 5. The molecule has 5 heteroatoms. The highest BCUT2D eigenvalue weighted by Gasteiger charge is 2.61. The number of ketones is 1. The molecule has 0 saturated heterocycles. The summed E-state index contributed by atoms with van der Waals surface area (Å²) < 4.78 is 11.1. The van der Waals surface area contributed by atoms with Crippen LogP contribution >= 0.6 is 0 Å². The molecule has 4 aliphatic carbocycles. The number of ether oxygens (including phenoxy) is 2. The van der Waals surface area contributed by atoms with E-state index >= 15 is 0 Å². The van der Waals surface area contributed by atoms with Gasteiger partial charge >= 0.3 is 11.9 Å². The van der Waals surface area contributed by atoms with E-state index in [-0.39, 0.29) is 52.6 Å². The lowest BCUT2D eigenvalue weighted by molar-refractivity contribution is -0.158. The SMILES string of the molecule is CC(=O)O[C@@H]1CC[C@@]2(C)C(=CC(=O)[C@H]3[C@H]4CC[C@H](OC(C)=O)[C@]4(C)CC[C@H]32)C1. The second kappa shape index (κ2) is 6.70. The fraction of sp³-hybridized carbons (Fsp3) is 0.783. The van der Waals surface area contributed by atoms with E-state index in [2.05, 4.69) is 13.8 Å². The molecule has 3 saturated carbocycles. The number of allylic oxidation sites excluding steroid dienone is 1. The molecule has 0 amide bonds. The summed E-state index contributed by atoms with van der Waals surface area (Å²) in [5, 5.41) is 0. The number of hydrogen-bond donors (Lipinski definition) is 0. The van der Waals surface area contributed by atoms with E-state index in [0.717, 1.165) is 38.5 Å². The Balaban J connectivity index is 1.62. The summed E-state index contributed by atoms with van der Waals surface area (Å²) in [7, 11) is 0. The van der Waals surface area contributed by atoms with Crippen molar-refractivity contribution in [2.75, 3.05) is 0 Å². The van der Waals surface area contributed by atoms with Crippen LogP contribution in [0.4, 0.5) is 0 Å². The molecule has 0 aliphatic heterocycles. The van der Waals surface area contributed by atoms with Crippen LogP contribution < -0.4 is 0 Å². The summed E-state index contributed by atoms with van der Waals surface area (Å²) in [6.45, 7) is 7.46. The van der Waals surface area contributed by atoms with Crippen LogP contribution in [0.3, 0.4) is 0 Å². The van der Waals surface area contributed by atoms with Gasteiger partial charge in [0.15, 0.2) is 5.78 Å². The Kier molecular flexibility index (Phi) is 4.71. The van der Waals surface area contributed by atoms with Crippen LogP contribution in [0, 0.1) is 28.6 Å². The predicted molar refractivity (Wildman–Crippen MR) is 103 cm³/mol. The maximum Gasteiger partial charge on any atom is 0.302 e. The summed E-state index contributed by atoms with van der Waals surface area (Å²) in [5.41, 5.74) is 1.09. The Morgan fingerprint density at radius 3 is 2.36 bits per heavy atom. The van der Waals surface area contributed by atoms with Crippen molar-refractivity contribution in [2.45, 2.75) is 84.8 Å². The standard InChI is InChI=1S/C23H32O5/c1-13(24)27-16-7-9-22(3)15(11-16)12-19(26)21-17-5-6-20(28-14(2)25)23(17,4)10-8-18(21)22/h12,16-18,20-21H,5-11H2,1-4H3/t16-,17-,18-,20+,21+,22+,23-/m1/s1. The fourth-order valence-electron chi connectivity index (χ4n) is 7.05. The molecule has 0 radical (unpaired) electrons. The Bertz CT molecular complexity index is 739. The first-order valence-electron chi connectivity index (χ1n) is 10.7. The third-order valence-corrected chi connectivity index (χ3v) is 8.45. The van der Waals surface area contributed by atoms with Crippen molar-refractivity contribution in [3.05, 3.63) is 11.6 Å². The average Bonchev–Trinajstić information content (AvgIpc) is 2.92. The van der Waals surface area contributed by atoms with E-state index in [1.165, 1.54) is 19.4 Å². The van der Waals surface area contributed by atoms with Gasteiger partial charge in [-0.15, -0.1) is 0 Å². The molecule has 0 unspecified atom stereocenters. The Hall–Kier alpha value is -1.65. The Labute approximate surface area is 167 Å². The maximum atomic E-state index is 13.3. The number of rotatable bonds is 2. The normalized spacial score (nSPS) is 44.6. The van der Waals surface area contributed by atoms with Crippen molar-refractivity contribution in [2.24, 2.45) is 28.6 Å². The molecule has 4 rings (SSSR count). The van der Waals surface area contributed by atoms with Crippen molar-refractivity contribution in [3.8, 4) is 0 Å². The van der Waals surface area contributed by atoms with Crippen LogP contribution in [-0.4, -0.2) is 29.9 Å². The van der Waals surface area contributed by atoms with Crippen molar-refractivity contribution in [1.82, 2.24) is 0 Å². The highest BCUT2D eigenvalue weighted by atomic mass is 16.5. The summed E-state index contributed by atoms with van der Waals surface area (Å²) in [6.07, 6.45) is 8.02. The van der Waals surface area contributed by atoms with E-state index in [9.17, 15) is 14.4 Å². The molecule has 7 atom stereocenters. The minimum atomic E-state index is -0.245. The van der Waals surface area contributed by atoms with Gasteiger partial charge in [0.2, 0.25) is 0 Å². The molecule has 5 nitrogen and oxygen atoms in total. The lowest BCUT2D eigenvalue weighted by Crippen LogP contribution is -2.54. The molecule has 0 aromatic rings. The second-order valence-electron chi connectivity index (χ2n) is 9.92. The van der Waals surface area contributed by atoms with Crippen molar-refractivity contribution >= 4 is 17.7 Å². The molecule has 154 valence electrons. The van der Waals surface area contributed by atoms with E-state index in [0.29, 0.717) is 12.3 Å². The minimum absolute atomic E-state index is 0.01000. The average molecular weight is 389 g/mol. The van der Waals surface area contributed by atoms with Crippen LogP contribution in [-0.2, 0) is 23.9 Å². The molecule has 0 heterocycles. The third-order valence-electron chi connectivity index (χ3n) is 8.45. The lowest BCUT2D eigenvalue weighted by atomic mass is 9.47. The molecule has 3 fully saturated rings. The Morgan fingerprint density at radius 1 is 0.964 bits per heavy atom. The first-order chi connectivity index (χ1) is 13.1. The summed E-state index contributed by atoms with van der Waals surface area (Å²) in [6, 6.07) is 0. The zero-order chi connectivity index (χ0) is 20.3. The maximum absolute atomic E-state index is 13.3. The van der Waals surface area contributed by atoms with Crippen LogP contribution in [0.15, 0.2) is 11.6 Å². The van der Waals surface area contributed by atoms with Gasteiger partial charge in [0, 0.05) is 31.6 Å². The molecule has 0 spiro atoms. The number of fused-ring (bicyclic) bond motifs is 5. The zero-order valence-corrected chi connectivity index (χ0v) is 17.5. The number of carbonyl (C=O) groups excluding carboxylic acids is 3. The zero-order valence-electron chi connectivity index (χ0n) is 17.5. The van der Waals surface area contributed by atoms with Crippen LogP contribution in [0.5, 0.6) is 0 Å². The van der Waals surface area contributed by atoms with Gasteiger partial charge in [0.05, 0.1) is 0 Å². The van der Waals surface area contributed by atoms with E-state index in [4.69, 9.17) is 9.47 Å². The molecule has 0 bridgehead atoms. The smallest absolute Gasteiger partial charge is 0.302 e. The quantitative estimate of drug-likeness (QED) is 0.669.